The molecule has 3 rings (SSSR count). The van der Waals surface area contributed by atoms with E-state index in [0.29, 0.717) is 15.3 Å². The second-order valence-corrected chi connectivity index (χ2v) is 6.29. The van der Waals surface area contributed by atoms with Crippen molar-refractivity contribution >= 4 is 39.2 Å². The number of halogens is 3. The summed E-state index contributed by atoms with van der Waals surface area (Å²) in [5.41, 5.74) is 0.882. The number of aromatic amines is 1. The van der Waals surface area contributed by atoms with E-state index in [1.165, 1.54) is 7.11 Å². The summed E-state index contributed by atoms with van der Waals surface area (Å²) in [6.45, 7) is -3.06. The fraction of sp³-hybridized carbons (Fsp3) is 0.143. The molecule has 0 fully saturated rings. The van der Waals surface area contributed by atoms with Crippen LogP contribution in [0.15, 0.2) is 35.5 Å². The molecule has 2 aromatic heterocycles. The summed E-state index contributed by atoms with van der Waals surface area (Å²) in [5, 5.41) is 1.26. The van der Waals surface area contributed by atoms with Gasteiger partial charge in [-0.2, -0.15) is 13.8 Å². The van der Waals surface area contributed by atoms with Crippen LogP contribution in [-0.4, -0.2) is 32.9 Å². The Balaban J connectivity index is 1.86. The zero-order chi connectivity index (χ0) is 18.0. The number of H-pyrrole nitrogens is 1. The highest BCUT2D eigenvalue weighted by atomic mass is 35.5. The van der Waals surface area contributed by atoms with Crippen molar-refractivity contribution in [3.63, 3.8) is 0 Å². The van der Waals surface area contributed by atoms with Crippen molar-refractivity contribution in [2.75, 3.05) is 11.8 Å². The van der Waals surface area contributed by atoms with Gasteiger partial charge in [-0.1, -0.05) is 17.7 Å². The molecule has 0 spiro atoms. The summed E-state index contributed by atoms with van der Waals surface area (Å²) in [4.78, 5) is 10.7. The van der Waals surface area contributed by atoms with E-state index < -0.39 is 23.6 Å². The number of aromatic nitrogens is 3. The van der Waals surface area contributed by atoms with Gasteiger partial charge in [-0.15, -0.1) is 0 Å². The van der Waals surface area contributed by atoms with Gasteiger partial charge in [0, 0.05) is 22.1 Å². The lowest BCUT2D eigenvalue weighted by Crippen LogP contribution is -2.10. The van der Waals surface area contributed by atoms with Crippen LogP contribution in [0.25, 0.3) is 10.9 Å². The Morgan fingerprint density at radius 3 is 2.92 bits per heavy atom. The first-order valence-corrected chi connectivity index (χ1v) is 8.31. The molecule has 3 aromatic rings. The molecule has 132 valence electrons. The summed E-state index contributed by atoms with van der Waals surface area (Å²) < 4.78 is 48.8. The summed E-state index contributed by atoms with van der Waals surface area (Å²) in [6.07, 6.45) is 2.72. The normalized spacial score (nSPS) is 12.4. The van der Waals surface area contributed by atoms with Crippen molar-refractivity contribution in [1.82, 2.24) is 15.0 Å². The summed E-state index contributed by atoms with van der Waals surface area (Å²) in [7, 11) is -0.399. The van der Waals surface area contributed by atoms with Crippen LogP contribution in [0.3, 0.4) is 0 Å². The maximum Gasteiger partial charge on any atom is 0.389 e. The van der Waals surface area contributed by atoms with Crippen LogP contribution in [-0.2, 0) is 11.0 Å². The largest absolute Gasteiger partial charge is 0.479 e. The maximum atomic E-state index is 12.6. The average Bonchev–Trinajstić information content (AvgIpc) is 2.98. The van der Waals surface area contributed by atoms with E-state index in [-0.39, 0.29) is 11.6 Å². The minimum Gasteiger partial charge on any atom is -0.479 e. The molecule has 0 saturated carbocycles. The van der Waals surface area contributed by atoms with Crippen molar-refractivity contribution in [2.24, 2.45) is 0 Å². The monoisotopic (exact) mass is 388 g/mol. The van der Waals surface area contributed by atoms with Crippen molar-refractivity contribution in [3.8, 4) is 11.9 Å². The van der Waals surface area contributed by atoms with E-state index in [9.17, 15) is 13.0 Å². The first kappa shape index (κ1) is 17.4. The Kier molecular flexibility index (Phi) is 5.00. The molecule has 25 heavy (non-hydrogen) atoms. The molecule has 0 radical (unpaired) electrons. The molecule has 0 amide bonds. The number of nitrogens with one attached hydrogen (secondary N) is 2. The minimum absolute atomic E-state index is 0.0816. The molecular formula is C14H11ClF2N4O3S. The molecule has 1 atom stereocenters. The second-order valence-electron chi connectivity index (χ2n) is 4.67. The third-order valence-corrected chi connectivity index (χ3v) is 4.51. The predicted octanol–water partition coefficient (Wildman–Crippen LogP) is 3.36. The van der Waals surface area contributed by atoms with Crippen molar-refractivity contribution in [3.05, 3.63) is 35.6 Å². The van der Waals surface area contributed by atoms with Gasteiger partial charge in [0.25, 0.3) is 0 Å². The topological polar surface area (TPSA) is 89.1 Å². The molecule has 1 unspecified atom stereocenters. The van der Waals surface area contributed by atoms with E-state index in [2.05, 4.69) is 24.4 Å². The fourth-order valence-corrected chi connectivity index (χ4v) is 3.26. The molecule has 7 nitrogen and oxygen atoms in total. The smallest absolute Gasteiger partial charge is 0.389 e. The summed E-state index contributed by atoms with van der Waals surface area (Å²) >= 11 is 5.92. The molecule has 11 heteroatoms. The van der Waals surface area contributed by atoms with E-state index >= 15 is 0 Å². The van der Waals surface area contributed by atoms with Crippen LogP contribution in [0, 0.1) is 0 Å². The molecule has 2 heterocycles. The number of anilines is 1. The Labute approximate surface area is 147 Å². The number of hydrogen-bond acceptors (Lipinski definition) is 5. The Bertz CT molecular complexity index is 938. The number of nitrogens with zero attached hydrogens (tertiary/aromatic N) is 2. The van der Waals surface area contributed by atoms with Crippen LogP contribution in [0.2, 0.25) is 5.02 Å². The number of benzene rings is 1. The standard InChI is InChI=1S/C14H11ClF2N4O3S/c1-23-12-10(5-19-14(20-12)24-13(16)17)21-25(22)11-6-18-9-4-7(15)2-3-8(9)11/h2-6,13,18,21H,1H3. The highest BCUT2D eigenvalue weighted by molar-refractivity contribution is 7.86. The van der Waals surface area contributed by atoms with Gasteiger partial charge >= 0.3 is 12.6 Å². The maximum absolute atomic E-state index is 12.6. The Morgan fingerprint density at radius 1 is 1.40 bits per heavy atom. The zero-order valence-corrected chi connectivity index (χ0v) is 14.2. The SMILES string of the molecule is COc1nc(OC(F)F)ncc1NS(=O)c1c[nH]c2cc(Cl)ccc12. The van der Waals surface area contributed by atoms with Crippen molar-refractivity contribution < 1.29 is 22.5 Å². The van der Waals surface area contributed by atoms with Gasteiger partial charge in [0.1, 0.15) is 5.69 Å². The highest BCUT2D eigenvalue weighted by Gasteiger charge is 2.16. The van der Waals surface area contributed by atoms with Gasteiger partial charge < -0.3 is 14.5 Å². The van der Waals surface area contributed by atoms with Crippen molar-refractivity contribution in [1.29, 1.82) is 0 Å². The van der Waals surface area contributed by atoms with E-state index in [1.807, 2.05) is 0 Å². The van der Waals surface area contributed by atoms with E-state index in [0.717, 1.165) is 11.7 Å². The number of hydrogen-bond donors (Lipinski definition) is 2. The summed E-state index contributed by atoms with van der Waals surface area (Å²) in [6, 6.07) is 4.57. The molecule has 1 aromatic carbocycles. The molecule has 0 aliphatic heterocycles. The Hall–Kier alpha value is -2.46. The van der Waals surface area contributed by atoms with E-state index in [4.69, 9.17) is 16.3 Å². The van der Waals surface area contributed by atoms with Gasteiger partial charge in [0.15, 0.2) is 11.0 Å². The van der Waals surface area contributed by atoms with Crippen LogP contribution in [0.5, 0.6) is 11.9 Å². The van der Waals surface area contributed by atoms with Gasteiger partial charge in [0.2, 0.25) is 5.88 Å². The lowest BCUT2D eigenvalue weighted by molar-refractivity contribution is -0.0563. The van der Waals surface area contributed by atoms with Crippen LogP contribution in [0.1, 0.15) is 0 Å². The Morgan fingerprint density at radius 2 is 2.20 bits per heavy atom. The third kappa shape index (κ3) is 3.80. The van der Waals surface area contributed by atoms with Gasteiger partial charge in [-0.25, -0.2) is 9.19 Å². The number of alkyl halides is 2. The first-order chi connectivity index (χ1) is 12.0. The molecule has 0 bridgehead atoms. The average molecular weight is 389 g/mol. The first-order valence-electron chi connectivity index (χ1n) is 6.79. The molecular weight excluding hydrogens is 378 g/mol. The van der Waals surface area contributed by atoms with Crippen LogP contribution >= 0.6 is 11.6 Å². The molecule has 2 N–H and O–H groups in total. The van der Waals surface area contributed by atoms with Gasteiger partial charge in [-0.05, 0) is 12.1 Å². The molecule has 0 aliphatic rings. The third-order valence-electron chi connectivity index (χ3n) is 3.13. The second kappa shape index (κ2) is 7.19. The van der Waals surface area contributed by atoms with Gasteiger partial charge in [0.05, 0.1) is 18.2 Å². The molecule has 0 saturated heterocycles. The zero-order valence-electron chi connectivity index (χ0n) is 12.6. The highest BCUT2D eigenvalue weighted by Crippen LogP contribution is 2.28. The van der Waals surface area contributed by atoms with Crippen molar-refractivity contribution in [2.45, 2.75) is 11.5 Å². The van der Waals surface area contributed by atoms with Crippen LogP contribution < -0.4 is 14.2 Å². The van der Waals surface area contributed by atoms with E-state index in [1.54, 1.807) is 24.4 Å². The summed E-state index contributed by atoms with van der Waals surface area (Å²) in [5.74, 6) is -0.0816. The predicted molar refractivity (Wildman–Crippen MR) is 88.6 cm³/mol. The molecule has 0 aliphatic carbocycles. The lowest BCUT2D eigenvalue weighted by Gasteiger charge is -2.10. The fourth-order valence-electron chi connectivity index (χ4n) is 2.09. The number of fused-ring (bicyclic) bond motifs is 1. The lowest BCUT2D eigenvalue weighted by atomic mass is 10.2. The minimum atomic E-state index is -3.06. The van der Waals surface area contributed by atoms with Gasteiger partial charge in [-0.3, -0.25) is 4.72 Å². The van der Waals surface area contributed by atoms with Crippen LogP contribution in [0.4, 0.5) is 14.5 Å². The quantitative estimate of drug-likeness (QED) is 0.676. The number of methoxy groups -OCH3 is 1. The number of ether oxygens (including phenoxy) is 2. The number of rotatable bonds is 6.